The molecule has 3 rings (SSSR count). The predicted octanol–water partition coefficient (Wildman–Crippen LogP) is 4.37. The van der Waals surface area contributed by atoms with E-state index in [1.54, 1.807) is 30.3 Å². The smallest absolute Gasteiger partial charge is 0.280 e. The van der Waals surface area contributed by atoms with Crippen LogP contribution in [0.25, 0.3) is 11.3 Å². The normalized spacial score (nSPS) is 10.5. The fourth-order valence-electron chi connectivity index (χ4n) is 2.87. The van der Waals surface area contributed by atoms with E-state index in [1.165, 1.54) is 32.4 Å². The van der Waals surface area contributed by atoms with Gasteiger partial charge in [0.15, 0.2) is 11.5 Å². The van der Waals surface area contributed by atoms with Gasteiger partial charge in [-0.3, -0.25) is 20.2 Å². The highest BCUT2D eigenvalue weighted by atomic mass is 16.6. The van der Waals surface area contributed by atoms with Crippen molar-refractivity contribution in [1.82, 2.24) is 0 Å². The molecule has 0 spiro atoms. The summed E-state index contributed by atoms with van der Waals surface area (Å²) in [4.78, 5) is 21.6. The first-order valence-electron chi connectivity index (χ1n) is 8.16. The summed E-state index contributed by atoms with van der Waals surface area (Å²) in [5.74, 6) is 1.33. The van der Waals surface area contributed by atoms with E-state index >= 15 is 0 Å². The number of hydrogen-bond acceptors (Lipinski definition) is 7. The maximum absolute atomic E-state index is 11.4. The van der Waals surface area contributed by atoms with Crippen LogP contribution in [0.2, 0.25) is 0 Å². The van der Waals surface area contributed by atoms with Crippen molar-refractivity contribution in [2.24, 2.45) is 0 Å². The van der Waals surface area contributed by atoms with Crippen LogP contribution in [0.4, 0.5) is 11.4 Å². The molecule has 144 valence electrons. The van der Waals surface area contributed by atoms with Crippen LogP contribution in [0.1, 0.15) is 11.3 Å². The lowest BCUT2D eigenvalue weighted by molar-refractivity contribution is -0.385. The van der Waals surface area contributed by atoms with E-state index in [0.29, 0.717) is 28.4 Å². The third-order valence-electron chi connectivity index (χ3n) is 4.17. The average Bonchev–Trinajstić information content (AvgIpc) is 3.15. The third kappa shape index (κ3) is 3.63. The summed E-state index contributed by atoms with van der Waals surface area (Å²) >= 11 is 0. The molecule has 0 radical (unpaired) electrons. The van der Waals surface area contributed by atoms with Crippen LogP contribution in [0.3, 0.4) is 0 Å². The predicted molar refractivity (Wildman–Crippen MR) is 99.8 cm³/mol. The number of methoxy groups -OCH3 is 2. The summed E-state index contributed by atoms with van der Waals surface area (Å²) in [6, 6.07) is 12.2. The molecule has 3 aromatic rings. The van der Waals surface area contributed by atoms with Crippen molar-refractivity contribution in [3.63, 3.8) is 0 Å². The van der Waals surface area contributed by atoms with E-state index in [-0.39, 0.29) is 23.5 Å². The fourth-order valence-corrected chi connectivity index (χ4v) is 2.87. The Kier molecular flexibility index (Phi) is 5.25. The average molecular weight is 384 g/mol. The Bertz CT molecular complexity index is 1040. The van der Waals surface area contributed by atoms with Crippen molar-refractivity contribution >= 4 is 11.4 Å². The molecule has 0 saturated heterocycles. The van der Waals surface area contributed by atoms with Crippen molar-refractivity contribution in [1.29, 1.82) is 0 Å². The minimum absolute atomic E-state index is 0.0829. The van der Waals surface area contributed by atoms with E-state index < -0.39 is 9.85 Å². The number of ether oxygens (including phenoxy) is 2. The highest BCUT2D eigenvalue weighted by Gasteiger charge is 2.22. The summed E-state index contributed by atoms with van der Waals surface area (Å²) in [6.07, 6.45) is 0.108. The zero-order chi connectivity index (χ0) is 20.3. The van der Waals surface area contributed by atoms with E-state index in [4.69, 9.17) is 13.9 Å². The van der Waals surface area contributed by atoms with Crippen LogP contribution in [-0.4, -0.2) is 24.1 Å². The summed E-state index contributed by atoms with van der Waals surface area (Å²) in [5, 5.41) is 22.6. The summed E-state index contributed by atoms with van der Waals surface area (Å²) in [6.45, 7) is 0. The van der Waals surface area contributed by atoms with Gasteiger partial charge in [-0.25, -0.2) is 0 Å². The van der Waals surface area contributed by atoms with Gasteiger partial charge in [-0.1, -0.05) is 12.1 Å². The first kappa shape index (κ1) is 18.9. The molecule has 0 amide bonds. The molecule has 0 atom stereocenters. The molecule has 1 aromatic heterocycles. The van der Waals surface area contributed by atoms with Crippen molar-refractivity contribution in [2.75, 3.05) is 14.2 Å². The molecule has 0 unspecified atom stereocenters. The molecule has 0 fully saturated rings. The quantitative estimate of drug-likeness (QED) is 0.438. The number of nitrogens with zero attached hydrogens (tertiary/aromatic N) is 2. The lowest BCUT2D eigenvalue weighted by Gasteiger charge is -2.10. The van der Waals surface area contributed by atoms with E-state index in [2.05, 4.69) is 0 Å². The molecule has 9 nitrogen and oxygen atoms in total. The fraction of sp³-hybridized carbons (Fsp3) is 0.158. The van der Waals surface area contributed by atoms with Crippen LogP contribution < -0.4 is 9.47 Å². The Hall–Kier alpha value is -3.88. The van der Waals surface area contributed by atoms with Gasteiger partial charge >= 0.3 is 0 Å². The molecule has 1 heterocycles. The Balaban J connectivity index is 1.98. The second-order valence-corrected chi connectivity index (χ2v) is 5.81. The Labute approximate surface area is 159 Å². The third-order valence-corrected chi connectivity index (χ3v) is 4.17. The van der Waals surface area contributed by atoms with Crippen molar-refractivity contribution in [3.8, 4) is 22.8 Å². The van der Waals surface area contributed by atoms with Crippen molar-refractivity contribution in [2.45, 2.75) is 6.42 Å². The van der Waals surface area contributed by atoms with Gasteiger partial charge in [0.2, 0.25) is 0 Å². The first-order chi connectivity index (χ1) is 13.4. The van der Waals surface area contributed by atoms with Gasteiger partial charge in [0.05, 0.1) is 35.7 Å². The number of rotatable bonds is 7. The molecule has 0 saturated carbocycles. The minimum Gasteiger partial charge on any atom is -0.493 e. The number of para-hydroxylation sites is 1. The van der Waals surface area contributed by atoms with Crippen LogP contribution >= 0.6 is 0 Å². The highest BCUT2D eigenvalue weighted by molar-refractivity contribution is 5.69. The van der Waals surface area contributed by atoms with E-state index in [9.17, 15) is 20.2 Å². The van der Waals surface area contributed by atoms with E-state index in [0.717, 1.165) is 0 Å². The lowest BCUT2D eigenvalue weighted by atomic mass is 10.1. The standard InChI is InChI=1S/C19H16N2O7/c1-26-18-10-12(16(21(24)25)11-19(18)27-2)9-13-7-8-17(28-13)14-5-3-4-6-15(14)20(22)23/h3-8,10-11H,9H2,1-2H3. The number of nitro benzene ring substituents is 2. The van der Waals surface area contributed by atoms with Gasteiger partial charge in [0.1, 0.15) is 11.5 Å². The van der Waals surface area contributed by atoms with Gasteiger partial charge in [-0.15, -0.1) is 0 Å². The molecule has 0 N–H and O–H groups in total. The van der Waals surface area contributed by atoms with Crippen LogP contribution in [0.5, 0.6) is 11.5 Å². The number of furan rings is 1. The number of nitro groups is 2. The topological polar surface area (TPSA) is 118 Å². The first-order valence-corrected chi connectivity index (χ1v) is 8.16. The summed E-state index contributed by atoms with van der Waals surface area (Å²) in [5.41, 5.74) is 0.480. The minimum atomic E-state index is -0.511. The molecule has 0 aliphatic rings. The van der Waals surface area contributed by atoms with Gasteiger partial charge in [0, 0.05) is 18.1 Å². The zero-order valence-corrected chi connectivity index (χ0v) is 15.1. The molecule has 2 aromatic carbocycles. The summed E-state index contributed by atoms with van der Waals surface area (Å²) < 4.78 is 16.1. The molecule has 9 heteroatoms. The highest BCUT2D eigenvalue weighted by Crippen LogP contribution is 2.37. The van der Waals surface area contributed by atoms with Crippen molar-refractivity contribution < 1.29 is 23.7 Å². The van der Waals surface area contributed by atoms with Gasteiger partial charge < -0.3 is 13.9 Å². The monoisotopic (exact) mass is 384 g/mol. The number of benzene rings is 2. The zero-order valence-electron chi connectivity index (χ0n) is 15.1. The molecule has 28 heavy (non-hydrogen) atoms. The van der Waals surface area contributed by atoms with Gasteiger partial charge in [0.25, 0.3) is 11.4 Å². The maximum Gasteiger partial charge on any atom is 0.280 e. The second kappa shape index (κ2) is 7.78. The van der Waals surface area contributed by atoms with Crippen LogP contribution in [0.15, 0.2) is 52.9 Å². The Morgan fingerprint density at radius 1 is 0.893 bits per heavy atom. The molecule has 0 bridgehead atoms. The molecular weight excluding hydrogens is 368 g/mol. The van der Waals surface area contributed by atoms with Crippen LogP contribution in [0, 0.1) is 20.2 Å². The molecule has 0 aliphatic heterocycles. The Morgan fingerprint density at radius 2 is 1.54 bits per heavy atom. The molecular formula is C19H16N2O7. The van der Waals surface area contributed by atoms with E-state index in [1.807, 2.05) is 0 Å². The summed E-state index contributed by atoms with van der Waals surface area (Å²) in [7, 11) is 2.83. The molecule has 0 aliphatic carbocycles. The van der Waals surface area contributed by atoms with Gasteiger partial charge in [-0.2, -0.15) is 0 Å². The largest absolute Gasteiger partial charge is 0.493 e. The van der Waals surface area contributed by atoms with Crippen molar-refractivity contribution in [3.05, 3.63) is 80.1 Å². The second-order valence-electron chi connectivity index (χ2n) is 5.81. The van der Waals surface area contributed by atoms with Crippen LogP contribution in [-0.2, 0) is 6.42 Å². The SMILES string of the molecule is COc1cc(Cc2ccc(-c3ccccc3[N+](=O)[O-])o2)c([N+](=O)[O-])cc1OC. The Morgan fingerprint density at radius 3 is 2.18 bits per heavy atom. The van der Waals surface area contributed by atoms with Gasteiger partial charge in [-0.05, 0) is 24.3 Å². The number of hydrogen-bond donors (Lipinski definition) is 0. The maximum atomic E-state index is 11.4. The lowest BCUT2D eigenvalue weighted by Crippen LogP contribution is -1.99.